The highest BCUT2D eigenvalue weighted by Crippen LogP contribution is 2.30. The first-order valence-electron chi connectivity index (χ1n) is 7.34. The van der Waals surface area contributed by atoms with E-state index in [1.54, 1.807) is 30.3 Å². The van der Waals surface area contributed by atoms with Gasteiger partial charge in [0.05, 0.1) is 15.7 Å². The summed E-state index contributed by atoms with van der Waals surface area (Å²) in [6.45, 7) is -3.00. The Hall–Kier alpha value is -2.57. The van der Waals surface area contributed by atoms with Crippen molar-refractivity contribution in [2.75, 3.05) is 5.32 Å². The lowest BCUT2D eigenvalue weighted by atomic mass is 10.2. The lowest BCUT2D eigenvalue weighted by Crippen LogP contribution is -2.13. The molecule has 0 fully saturated rings. The molecule has 4 nitrogen and oxygen atoms in total. The topological polar surface area (TPSA) is 51.5 Å². The highest BCUT2D eigenvalue weighted by molar-refractivity contribution is 6.42. The molecular weight excluding hydrogens is 387 g/mol. The van der Waals surface area contributed by atoms with Crippen molar-refractivity contribution in [3.63, 3.8) is 0 Å². The Morgan fingerprint density at radius 3 is 2.54 bits per heavy atom. The van der Waals surface area contributed by atoms with Gasteiger partial charge in [0, 0.05) is 5.56 Å². The zero-order valence-electron chi connectivity index (χ0n) is 13.0. The van der Waals surface area contributed by atoms with E-state index in [9.17, 15) is 13.6 Å². The van der Waals surface area contributed by atoms with Gasteiger partial charge in [-0.25, -0.2) is 0 Å². The molecule has 0 aliphatic rings. The molecule has 1 amide bonds. The Balaban J connectivity index is 1.80. The second-order valence-corrected chi connectivity index (χ2v) is 5.94. The first-order chi connectivity index (χ1) is 12.4. The third-order valence-corrected chi connectivity index (χ3v) is 4.12. The summed E-state index contributed by atoms with van der Waals surface area (Å²) >= 11 is 11.8. The monoisotopic (exact) mass is 397 g/mol. The molecule has 3 aromatic rings. The molecule has 0 radical (unpaired) electrons. The van der Waals surface area contributed by atoms with Crippen LogP contribution in [0.25, 0.3) is 11.3 Å². The van der Waals surface area contributed by atoms with Gasteiger partial charge in [-0.05, 0) is 42.5 Å². The van der Waals surface area contributed by atoms with Crippen molar-refractivity contribution in [2.45, 2.75) is 6.61 Å². The van der Waals surface area contributed by atoms with Crippen LogP contribution in [0.3, 0.4) is 0 Å². The van der Waals surface area contributed by atoms with Crippen LogP contribution in [0.5, 0.6) is 5.75 Å². The second kappa shape index (κ2) is 7.76. The summed E-state index contributed by atoms with van der Waals surface area (Å²) in [5.74, 6) is -0.350. The third-order valence-electron chi connectivity index (χ3n) is 3.39. The third kappa shape index (κ3) is 4.15. The summed E-state index contributed by atoms with van der Waals surface area (Å²) in [4.78, 5) is 12.3. The van der Waals surface area contributed by atoms with Crippen molar-refractivity contribution in [1.29, 1.82) is 0 Å². The molecular formula is C18H11Cl2F2NO3. The number of halogens is 4. The first kappa shape index (κ1) is 18.2. The maximum absolute atomic E-state index is 12.4. The number of carbonyl (C=O) groups is 1. The van der Waals surface area contributed by atoms with Crippen molar-refractivity contribution < 1.29 is 22.7 Å². The Labute approximate surface area is 157 Å². The van der Waals surface area contributed by atoms with E-state index in [2.05, 4.69) is 10.1 Å². The number of carbonyl (C=O) groups excluding carboxylic acids is 1. The lowest BCUT2D eigenvalue weighted by Gasteiger charge is -2.10. The maximum atomic E-state index is 12.4. The fourth-order valence-corrected chi connectivity index (χ4v) is 2.52. The summed E-state index contributed by atoms with van der Waals surface area (Å²) in [6.07, 6.45) is 0. The number of ether oxygens (including phenoxy) is 1. The van der Waals surface area contributed by atoms with Gasteiger partial charge in [0.2, 0.25) is 0 Å². The van der Waals surface area contributed by atoms with Crippen molar-refractivity contribution in [3.05, 3.63) is 70.4 Å². The molecule has 1 N–H and O–H groups in total. The summed E-state index contributed by atoms with van der Waals surface area (Å²) in [7, 11) is 0. The molecule has 26 heavy (non-hydrogen) atoms. The average Bonchev–Trinajstić information content (AvgIpc) is 3.09. The molecule has 0 saturated heterocycles. The Morgan fingerprint density at radius 2 is 1.81 bits per heavy atom. The summed E-state index contributed by atoms with van der Waals surface area (Å²) in [5.41, 5.74) is 0.741. The number of hydrogen-bond acceptors (Lipinski definition) is 3. The minimum absolute atomic E-state index is 0.00192. The number of furan rings is 1. The van der Waals surface area contributed by atoms with Gasteiger partial charge in [-0.1, -0.05) is 35.3 Å². The van der Waals surface area contributed by atoms with Crippen molar-refractivity contribution in [1.82, 2.24) is 0 Å². The molecule has 0 bridgehead atoms. The number of rotatable bonds is 5. The number of amides is 1. The summed E-state index contributed by atoms with van der Waals surface area (Å²) in [6, 6.07) is 13.8. The highest BCUT2D eigenvalue weighted by atomic mass is 35.5. The minimum atomic E-state index is -3.00. The van der Waals surface area contributed by atoms with Gasteiger partial charge in [-0.3, -0.25) is 4.79 Å². The molecule has 0 saturated carbocycles. The number of nitrogens with one attached hydrogen (secondary N) is 1. The molecule has 0 spiro atoms. The maximum Gasteiger partial charge on any atom is 0.387 e. The summed E-state index contributed by atoms with van der Waals surface area (Å²) in [5, 5.41) is 3.23. The quantitative estimate of drug-likeness (QED) is 0.565. The number of benzene rings is 2. The van der Waals surface area contributed by atoms with E-state index in [0.717, 1.165) is 0 Å². The fourth-order valence-electron chi connectivity index (χ4n) is 2.22. The van der Waals surface area contributed by atoms with Gasteiger partial charge in [0.1, 0.15) is 11.5 Å². The Kier molecular flexibility index (Phi) is 5.44. The average molecular weight is 398 g/mol. The fraction of sp³-hybridized carbons (Fsp3) is 0.0556. The van der Waals surface area contributed by atoms with E-state index >= 15 is 0 Å². The van der Waals surface area contributed by atoms with E-state index in [-0.39, 0.29) is 17.2 Å². The molecule has 0 unspecified atom stereocenters. The summed E-state index contributed by atoms with van der Waals surface area (Å²) < 4.78 is 34.8. The SMILES string of the molecule is O=C(Nc1ccccc1OC(F)F)c1ccc(-c2ccc(Cl)c(Cl)c2)o1. The molecule has 3 rings (SSSR count). The van der Waals surface area contributed by atoms with Crippen LogP contribution in [-0.2, 0) is 0 Å². The van der Waals surface area contributed by atoms with Crippen LogP contribution in [-0.4, -0.2) is 12.5 Å². The van der Waals surface area contributed by atoms with Gasteiger partial charge in [0.25, 0.3) is 5.91 Å². The van der Waals surface area contributed by atoms with Crippen LogP contribution in [0.2, 0.25) is 10.0 Å². The second-order valence-electron chi connectivity index (χ2n) is 5.12. The molecule has 134 valence electrons. The van der Waals surface area contributed by atoms with Crippen LogP contribution < -0.4 is 10.1 Å². The van der Waals surface area contributed by atoms with Crippen molar-refractivity contribution in [2.24, 2.45) is 0 Å². The predicted molar refractivity (Wildman–Crippen MR) is 95.2 cm³/mol. The molecule has 1 aromatic heterocycles. The highest BCUT2D eigenvalue weighted by Gasteiger charge is 2.16. The molecule has 0 aliphatic heterocycles. The number of alkyl halides is 2. The zero-order valence-corrected chi connectivity index (χ0v) is 14.5. The Bertz CT molecular complexity index is 944. The molecule has 0 atom stereocenters. The van der Waals surface area contributed by atoms with Crippen LogP contribution >= 0.6 is 23.2 Å². The van der Waals surface area contributed by atoms with Crippen LogP contribution in [0.4, 0.5) is 14.5 Å². The van der Waals surface area contributed by atoms with Crippen molar-refractivity contribution in [3.8, 4) is 17.1 Å². The van der Waals surface area contributed by atoms with Gasteiger partial charge in [-0.15, -0.1) is 0 Å². The van der Waals surface area contributed by atoms with Gasteiger partial charge in [-0.2, -0.15) is 8.78 Å². The van der Waals surface area contributed by atoms with E-state index in [0.29, 0.717) is 21.4 Å². The van der Waals surface area contributed by atoms with E-state index in [1.807, 2.05) is 0 Å². The van der Waals surface area contributed by atoms with Crippen molar-refractivity contribution >= 4 is 34.8 Å². The number of anilines is 1. The normalized spacial score (nSPS) is 10.8. The van der Waals surface area contributed by atoms with Crippen LogP contribution in [0.1, 0.15) is 10.6 Å². The van der Waals surface area contributed by atoms with Crippen LogP contribution in [0.15, 0.2) is 59.0 Å². The van der Waals surface area contributed by atoms with Crippen LogP contribution in [0, 0.1) is 0 Å². The van der Waals surface area contributed by atoms with E-state index in [1.165, 1.54) is 24.3 Å². The smallest absolute Gasteiger partial charge is 0.387 e. The number of para-hydroxylation sites is 2. The minimum Gasteiger partial charge on any atom is -0.451 e. The lowest BCUT2D eigenvalue weighted by molar-refractivity contribution is -0.0493. The molecule has 0 aliphatic carbocycles. The standard InChI is InChI=1S/C18H11Cl2F2NO3/c19-11-6-5-10(9-12(11)20)14-7-8-16(25-14)17(24)23-13-3-1-2-4-15(13)26-18(21)22/h1-9,18H,(H,23,24). The number of hydrogen-bond donors (Lipinski definition) is 1. The largest absolute Gasteiger partial charge is 0.451 e. The zero-order chi connectivity index (χ0) is 18.7. The van der Waals surface area contributed by atoms with Gasteiger partial charge >= 0.3 is 6.61 Å². The molecule has 2 aromatic carbocycles. The van der Waals surface area contributed by atoms with E-state index in [4.69, 9.17) is 27.6 Å². The molecule has 1 heterocycles. The van der Waals surface area contributed by atoms with Gasteiger partial charge in [0.15, 0.2) is 5.76 Å². The first-order valence-corrected chi connectivity index (χ1v) is 8.10. The van der Waals surface area contributed by atoms with Gasteiger partial charge < -0.3 is 14.5 Å². The van der Waals surface area contributed by atoms with E-state index < -0.39 is 12.5 Å². The predicted octanol–water partition coefficient (Wildman–Crippen LogP) is 6.11. The molecule has 8 heteroatoms. The Morgan fingerprint density at radius 1 is 1.04 bits per heavy atom.